The molecule has 0 saturated carbocycles. The van der Waals surface area contributed by atoms with Gasteiger partial charge in [-0.05, 0) is 41.3 Å². The number of halogens is 1. The molecular formula is C29H21ClN2O5S. The highest BCUT2D eigenvalue weighted by Gasteiger charge is 2.20. The van der Waals surface area contributed by atoms with Crippen LogP contribution >= 0.6 is 22.9 Å². The van der Waals surface area contributed by atoms with Crippen molar-refractivity contribution in [3.8, 4) is 17.2 Å². The number of esters is 1. The lowest BCUT2D eigenvalue weighted by molar-refractivity contribution is -0.123. The van der Waals surface area contributed by atoms with Crippen LogP contribution in [0.5, 0.6) is 17.2 Å². The predicted octanol–water partition coefficient (Wildman–Crippen LogP) is 6.46. The second-order valence-corrected chi connectivity index (χ2v) is 9.53. The summed E-state index contributed by atoms with van der Waals surface area (Å²) in [5.41, 5.74) is 3.06. The predicted molar refractivity (Wildman–Crippen MR) is 150 cm³/mol. The molecule has 0 spiro atoms. The average Bonchev–Trinajstić information content (AvgIpc) is 3.29. The highest BCUT2D eigenvalue weighted by atomic mass is 35.5. The zero-order valence-corrected chi connectivity index (χ0v) is 21.7. The number of benzene rings is 4. The molecule has 7 nitrogen and oxygen atoms in total. The van der Waals surface area contributed by atoms with Crippen LogP contribution < -0.4 is 19.6 Å². The molecule has 0 aliphatic heterocycles. The molecule has 190 valence electrons. The van der Waals surface area contributed by atoms with Crippen molar-refractivity contribution in [3.05, 3.63) is 100 Å². The topological polar surface area (TPSA) is 86.2 Å². The van der Waals surface area contributed by atoms with Gasteiger partial charge in [0.25, 0.3) is 5.91 Å². The quantitative estimate of drug-likeness (QED) is 0.105. The minimum atomic E-state index is -0.575. The van der Waals surface area contributed by atoms with Crippen LogP contribution in [0.1, 0.15) is 15.2 Å². The molecule has 9 heteroatoms. The Balaban J connectivity index is 1.20. The average molecular weight is 545 g/mol. The minimum absolute atomic E-state index is 0.191. The van der Waals surface area contributed by atoms with Gasteiger partial charge in [-0.15, -0.1) is 11.3 Å². The first-order valence-electron chi connectivity index (χ1n) is 11.5. The molecule has 38 heavy (non-hydrogen) atoms. The van der Waals surface area contributed by atoms with Crippen LogP contribution in [0.25, 0.3) is 20.9 Å². The van der Waals surface area contributed by atoms with Gasteiger partial charge in [-0.1, -0.05) is 66.2 Å². The summed E-state index contributed by atoms with van der Waals surface area (Å²) in [6, 6.07) is 25.8. The lowest BCUT2D eigenvalue weighted by atomic mass is 10.1. The fraction of sp³-hybridized carbons (Fsp3) is 0.0690. The molecule has 5 rings (SSSR count). The van der Waals surface area contributed by atoms with Crippen LogP contribution in [0.3, 0.4) is 0 Å². The molecule has 0 aliphatic rings. The van der Waals surface area contributed by atoms with Gasteiger partial charge in [0.1, 0.15) is 10.6 Å². The minimum Gasteiger partial charge on any atom is -0.493 e. The lowest BCUT2D eigenvalue weighted by Gasteiger charge is -2.09. The Hall–Kier alpha value is -4.40. The Morgan fingerprint density at radius 1 is 0.921 bits per heavy atom. The number of methoxy groups -OCH3 is 1. The lowest BCUT2D eigenvalue weighted by Crippen LogP contribution is -2.24. The summed E-state index contributed by atoms with van der Waals surface area (Å²) in [7, 11) is 1.46. The SMILES string of the molecule is COc1cc(/C=N/NC(=O)COc2cccc3ccccc23)ccc1OC(=O)c1sc2ccccc2c1Cl. The van der Waals surface area contributed by atoms with Gasteiger partial charge < -0.3 is 14.2 Å². The molecule has 0 fully saturated rings. The van der Waals surface area contributed by atoms with Crippen molar-refractivity contribution in [2.75, 3.05) is 13.7 Å². The van der Waals surface area contributed by atoms with E-state index in [2.05, 4.69) is 10.5 Å². The summed E-state index contributed by atoms with van der Waals surface area (Å²) in [5.74, 6) is 0.191. The molecule has 0 bridgehead atoms. The van der Waals surface area contributed by atoms with Gasteiger partial charge in [0.2, 0.25) is 0 Å². The van der Waals surface area contributed by atoms with E-state index in [1.54, 1.807) is 18.2 Å². The van der Waals surface area contributed by atoms with Gasteiger partial charge in [-0.2, -0.15) is 5.10 Å². The maximum Gasteiger partial charge on any atom is 0.355 e. The fourth-order valence-corrected chi connectivity index (χ4v) is 5.20. The molecule has 4 aromatic carbocycles. The Morgan fingerprint density at radius 3 is 2.50 bits per heavy atom. The van der Waals surface area contributed by atoms with Crippen molar-refractivity contribution in [2.45, 2.75) is 0 Å². The molecule has 0 saturated heterocycles. The van der Waals surface area contributed by atoms with Gasteiger partial charge in [-0.25, -0.2) is 10.2 Å². The molecule has 5 aromatic rings. The fourth-order valence-electron chi connectivity index (χ4n) is 3.82. The third-order valence-electron chi connectivity index (χ3n) is 5.62. The van der Waals surface area contributed by atoms with E-state index in [1.165, 1.54) is 24.7 Å². The largest absolute Gasteiger partial charge is 0.493 e. The van der Waals surface area contributed by atoms with Crippen LogP contribution in [-0.2, 0) is 4.79 Å². The highest BCUT2D eigenvalue weighted by Crippen LogP contribution is 2.37. The molecular weight excluding hydrogens is 524 g/mol. The maximum atomic E-state index is 12.8. The normalized spacial score (nSPS) is 11.1. The van der Waals surface area contributed by atoms with Crippen molar-refractivity contribution >= 4 is 61.9 Å². The summed E-state index contributed by atoms with van der Waals surface area (Å²) in [4.78, 5) is 25.3. The number of hydrogen-bond donors (Lipinski definition) is 1. The monoisotopic (exact) mass is 544 g/mol. The van der Waals surface area contributed by atoms with E-state index in [0.717, 1.165) is 20.9 Å². The smallest absolute Gasteiger partial charge is 0.355 e. The second-order valence-electron chi connectivity index (χ2n) is 8.10. The van der Waals surface area contributed by atoms with Crippen molar-refractivity contribution in [2.24, 2.45) is 5.10 Å². The number of carbonyl (C=O) groups excluding carboxylic acids is 2. The van der Waals surface area contributed by atoms with E-state index < -0.39 is 11.9 Å². The van der Waals surface area contributed by atoms with E-state index in [4.69, 9.17) is 25.8 Å². The van der Waals surface area contributed by atoms with Gasteiger partial charge in [0.05, 0.1) is 18.3 Å². The third-order valence-corrected chi connectivity index (χ3v) is 7.28. The Labute approximate surface area is 227 Å². The first-order valence-corrected chi connectivity index (χ1v) is 12.7. The molecule has 1 aromatic heterocycles. The van der Waals surface area contributed by atoms with Gasteiger partial charge >= 0.3 is 5.97 Å². The van der Waals surface area contributed by atoms with E-state index in [9.17, 15) is 9.59 Å². The maximum absolute atomic E-state index is 12.8. The van der Waals surface area contributed by atoms with Gasteiger partial charge in [0, 0.05) is 15.5 Å². The van der Waals surface area contributed by atoms with Crippen LogP contribution in [0.15, 0.2) is 90.0 Å². The Morgan fingerprint density at radius 2 is 1.68 bits per heavy atom. The molecule has 1 N–H and O–H groups in total. The first-order chi connectivity index (χ1) is 18.5. The number of rotatable bonds is 8. The molecule has 1 amide bonds. The molecule has 0 unspecified atom stereocenters. The van der Waals surface area contributed by atoms with Crippen LogP contribution in [-0.4, -0.2) is 31.8 Å². The number of hydrazone groups is 1. The van der Waals surface area contributed by atoms with Crippen LogP contribution in [0, 0.1) is 0 Å². The summed E-state index contributed by atoms with van der Waals surface area (Å²) in [6.07, 6.45) is 1.45. The molecule has 1 heterocycles. The number of thiophene rings is 1. The summed E-state index contributed by atoms with van der Waals surface area (Å²) in [6.45, 7) is -0.191. The first kappa shape index (κ1) is 25.3. The van der Waals surface area contributed by atoms with Crippen LogP contribution in [0.4, 0.5) is 0 Å². The molecule has 0 aliphatic carbocycles. The van der Waals surface area contributed by atoms with Crippen molar-refractivity contribution in [3.63, 3.8) is 0 Å². The number of nitrogens with zero attached hydrogens (tertiary/aromatic N) is 1. The number of hydrogen-bond acceptors (Lipinski definition) is 7. The van der Waals surface area contributed by atoms with Crippen LogP contribution in [0.2, 0.25) is 5.02 Å². The van der Waals surface area contributed by atoms with Crippen molar-refractivity contribution in [1.82, 2.24) is 5.43 Å². The Bertz CT molecular complexity index is 1680. The summed E-state index contributed by atoms with van der Waals surface area (Å²) in [5, 5.41) is 7.09. The number of fused-ring (bicyclic) bond motifs is 2. The van der Waals surface area contributed by atoms with E-state index in [-0.39, 0.29) is 12.4 Å². The zero-order chi connectivity index (χ0) is 26.5. The van der Waals surface area contributed by atoms with Crippen molar-refractivity contribution < 1.29 is 23.8 Å². The second kappa shape index (κ2) is 11.3. The summed E-state index contributed by atoms with van der Waals surface area (Å²) < 4.78 is 17.5. The Kier molecular flexibility index (Phi) is 7.53. The van der Waals surface area contributed by atoms with E-state index in [0.29, 0.717) is 27.0 Å². The number of carbonyl (C=O) groups is 2. The number of amides is 1. The zero-order valence-electron chi connectivity index (χ0n) is 20.1. The number of ether oxygens (including phenoxy) is 3. The highest BCUT2D eigenvalue weighted by molar-refractivity contribution is 7.21. The number of nitrogens with one attached hydrogen (secondary N) is 1. The van der Waals surface area contributed by atoms with E-state index >= 15 is 0 Å². The summed E-state index contributed by atoms with van der Waals surface area (Å²) >= 11 is 7.67. The van der Waals surface area contributed by atoms with E-state index in [1.807, 2.05) is 66.7 Å². The van der Waals surface area contributed by atoms with Gasteiger partial charge in [-0.3, -0.25) is 4.79 Å². The third kappa shape index (κ3) is 5.46. The van der Waals surface area contributed by atoms with Gasteiger partial charge in [0.15, 0.2) is 18.1 Å². The van der Waals surface area contributed by atoms with Crippen molar-refractivity contribution in [1.29, 1.82) is 0 Å². The standard InChI is InChI=1S/C29H21ClN2O5S/c1-35-24-15-18(13-14-23(24)37-29(34)28-27(30)21-10-4-5-12-25(21)38-28)16-31-32-26(33)17-36-22-11-6-8-19-7-2-3-9-20(19)22/h2-16H,17H2,1H3,(H,32,33)/b31-16+. The molecule has 0 radical (unpaired) electrons. The molecule has 0 atom stereocenters.